The number of ether oxygens (including phenoxy) is 4. The smallest absolute Gasteiger partial charge is 0.338 e. The summed E-state index contributed by atoms with van der Waals surface area (Å²) in [6, 6.07) is 20.1. The molecular weight excluding hydrogens is 624 g/mol. The highest BCUT2D eigenvalue weighted by atomic mass is 32.2. The molecule has 0 aliphatic carbocycles. The number of hydrogen-bond donors (Lipinski definition) is 0. The second-order valence-electron chi connectivity index (χ2n) is 9.91. The molecule has 0 unspecified atom stereocenters. The third-order valence-electron chi connectivity index (χ3n) is 6.47. The average Bonchev–Trinajstić information content (AvgIpc) is 2.98. The van der Waals surface area contributed by atoms with Gasteiger partial charge in [-0.25, -0.2) is 4.79 Å². The zero-order chi connectivity index (χ0) is 32.9. The zero-order valence-corrected chi connectivity index (χ0v) is 27.1. The third kappa shape index (κ3) is 8.05. The summed E-state index contributed by atoms with van der Waals surface area (Å²) in [5.41, 5.74) is 3.06. The van der Waals surface area contributed by atoms with Crippen LogP contribution in [0.3, 0.4) is 0 Å². The van der Waals surface area contributed by atoms with E-state index in [2.05, 4.69) is 0 Å². The lowest BCUT2D eigenvalue weighted by molar-refractivity contribution is 0.0601. The molecule has 4 rings (SSSR count). The first kappa shape index (κ1) is 33.1. The van der Waals surface area contributed by atoms with Crippen molar-refractivity contribution in [2.24, 2.45) is 0 Å². The van der Waals surface area contributed by atoms with Crippen LogP contribution in [0, 0.1) is 6.92 Å². The van der Waals surface area contributed by atoms with Gasteiger partial charge in [-0.05, 0) is 42.3 Å². The Kier molecular flexibility index (Phi) is 9.94. The maximum atomic E-state index is 12.6. The van der Waals surface area contributed by atoms with Crippen LogP contribution in [0.15, 0.2) is 72.8 Å². The van der Waals surface area contributed by atoms with Gasteiger partial charge in [-0.2, -0.15) is 16.8 Å². The van der Waals surface area contributed by atoms with Crippen LogP contribution >= 0.6 is 0 Å². The van der Waals surface area contributed by atoms with E-state index >= 15 is 0 Å². The predicted molar refractivity (Wildman–Crippen MR) is 168 cm³/mol. The predicted octanol–water partition coefficient (Wildman–Crippen LogP) is 5.39. The Balaban J connectivity index is 1.96. The van der Waals surface area contributed by atoms with E-state index in [1.165, 1.54) is 33.5 Å². The summed E-state index contributed by atoms with van der Waals surface area (Å²) in [5, 5.41) is 0. The largest absolute Gasteiger partial charge is 0.496 e. The molecule has 0 fully saturated rings. The molecule has 0 bridgehead atoms. The van der Waals surface area contributed by atoms with Gasteiger partial charge in [0.25, 0.3) is 0 Å². The van der Waals surface area contributed by atoms with Gasteiger partial charge >= 0.3 is 26.2 Å². The molecule has 0 spiro atoms. The highest BCUT2D eigenvalue weighted by molar-refractivity contribution is 7.86. The van der Waals surface area contributed by atoms with Gasteiger partial charge in [0.1, 0.15) is 12.4 Å². The highest BCUT2D eigenvalue weighted by Crippen LogP contribution is 2.52. The molecule has 238 valence electrons. The first-order chi connectivity index (χ1) is 21.2. The summed E-state index contributed by atoms with van der Waals surface area (Å²) < 4.78 is 82.6. The maximum absolute atomic E-state index is 12.6. The van der Waals surface area contributed by atoms with Crippen molar-refractivity contribution in [3.63, 3.8) is 0 Å². The molecule has 0 saturated carbocycles. The number of hydrogen-bond acceptors (Lipinski definition) is 11. The lowest BCUT2D eigenvalue weighted by atomic mass is 9.94. The van der Waals surface area contributed by atoms with Crippen LogP contribution < -0.4 is 22.6 Å². The van der Waals surface area contributed by atoms with Gasteiger partial charge in [-0.1, -0.05) is 54.1 Å². The third-order valence-corrected chi connectivity index (χ3v) is 7.42. The van der Waals surface area contributed by atoms with Crippen molar-refractivity contribution in [3.05, 3.63) is 89.5 Å². The van der Waals surface area contributed by atoms with Crippen molar-refractivity contribution < 1.29 is 48.9 Å². The maximum Gasteiger partial charge on any atom is 0.338 e. The van der Waals surface area contributed by atoms with Gasteiger partial charge in [0.05, 0.1) is 45.0 Å². The van der Waals surface area contributed by atoms with Crippen molar-refractivity contribution in [2.75, 3.05) is 33.8 Å². The molecule has 0 amide bonds. The fourth-order valence-corrected chi connectivity index (χ4v) is 5.47. The molecule has 0 N–H and O–H groups in total. The second kappa shape index (κ2) is 13.5. The number of carbonyl (C=O) groups excluding carboxylic acids is 1. The van der Waals surface area contributed by atoms with Crippen LogP contribution in [0.4, 0.5) is 0 Å². The molecule has 0 saturated heterocycles. The lowest BCUT2D eigenvalue weighted by Gasteiger charge is -2.22. The number of benzene rings is 4. The summed E-state index contributed by atoms with van der Waals surface area (Å²) in [6.45, 7) is 2.07. The Hall–Kier alpha value is -4.75. The highest BCUT2D eigenvalue weighted by Gasteiger charge is 2.29. The van der Waals surface area contributed by atoms with E-state index in [-0.39, 0.29) is 57.6 Å². The van der Waals surface area contributed by atoms with E-state index in [1.54, 1.807) is 36.4 Å². The molecule has 0 aliphatic heterocycles. The molecular formula is C32H32O11S2. The van der Waals surface area contributed by atoms with Crippen molar-refractivity contribution in [1.82, 2.24) is 0 Å². The Morgan fingerprint density at radius 2 is 1.36 bits per heavy atom. The monoisotopic (exact) mass is 656 g/mol. The van der Waals surface area contributed by atoms with Crippen LogP contribution in [-0.4, -0.2) is 56.6 Å². The number of methoxy groups -OCH3 is 3. The van der Waals surface area contributed by atoms with E-state index < -0.39 is 26.2 Å². The van der Waals surface area contributed by atoms with E-state index in [0.717, 1.165) is 23.6 Å². The van der Waals surface area contributed by atoms with Gasteiger partial charge in [0.15, 0.2) is 23.0 Å². The van der Waals surface area contributed by atoms with Crippen LogP contribution in [0.1, 0.15) is 21.5 Å². The molecule has 13 heteroatoms. The fourth-order valence-electron chi connectivity index (χ4n) is 4.55. The van der Waals surface area contributed by atoms with Gasteiger partial charge < -0.3 is 27.3 Å². The summed E-state index contributed by atoms with van der Waals surface area (Å²) in [6.07, 6.45) is 1.75. The van der Waals surface area contributed by atoms with Crippen molar-refractivity contribution in [1.29, 1.82) is 0 Å². The van der Waals surface area contributed by atoms with Crippen molar-refractivity contribution >= 4 is 26.2 Å². The summed E-state index contributed by atoms with van der Waals surface area (Å²) in [4.78, 5) is 12.6. The summed E-state index contributed by atoms with van der Waals surface area (Å²) in [7, 11) is -4.27. The van der Waals surface area contributed by atoms with Gasteiger partial charge in [-0.3, -0.25) is 0 Å². The van der Waals surface area contributed by atoms with E-state index in [4.69, 9.17) is 27.3 Å². The van der Waals surface area contributed by atoms with Crippen LogP contribution in [0.25, 0.3) is 22.3 Å². The zero-order valence-electron chi connectivity index (χ0n) is 25.4. The lowest BCUT2D eigenvalue weighted by Crippen LogP contribution is -2.10. The Labute approximate surface area is 262 Å². The van der Waals surface area contributed by atoms with Crippen LogP contribution in [-0.2, 0) is 31.6 Å². The van der Waals surface area contributed by atoms with Gasteiger partial charge in [0, 0.05) is 11.1 Å². The van der Waals surface area contributed by atoms with E-state index in [1.807, 2.05) is 31.2 Å². The number of carbonyl (C=O) groups is 1. The Bertz CT molecular complexity index is 1930. The minimum atomic E-state index is -4.16. The van der Waals surface area contributed by atoms with E-state index in [0.29, 0.717) is 5.56 Å². The molecule has 45 heavy (non-hydrogen) atoms. The molecule has 0 heterocycles. The Morgan fingerprint density at radius 3 is 1.96 bits per heavy atom. The SMILES string of the molecule is COC(=O)c1ccccc1-c1cc(OC)c(-c2ccc(OCc3ccc(C)cc3)c(OS(C)(=O)=O)c2)c(OS(C)(=O)=O)c1OC. The topological polar surface area (TPSA) is 141 Å². The van der Waals surface area contributed by atoms with Crippen LogP contribution in [0.2, 0.25) is 0 Å². The normalized spacial score (nSPS) is 11.4. The average molecular weight is 657 g/mol. The van der Waals surface area contributed by atoms with Gasteiger partial charge in [-0.15, -0.1) is 0 Å². The summed E-state index contributed by atoms with van der Waals surface area (Å²) in [5.74, 6) is -0.878. The molecule has 11 nitrogen and oxygen atoms in total. The number of rotatable bonds is 12. The van der Waals surface area contributed by atoms with Crippen molar-refractivity contribution in [3.8, 4) is 51.0 Å². The minimum Gasteiger partial charge on any atom is -0.496 e. The Morgan fingerprint density at radius 1 is 0.689 bits per heavy atom. The quantitative estimate of drug-likeness (QED) is 0.143. The molecule has 0 aromatic heterocycles. The van der Waals surface area contributed by atoms with Crippen molar-refractivity contribution in [2.45, 2.75) is 13.5 Å². The summed E-state index contributed by atoms with van der Waals surface area (Å²) >= 11 is 0. The van der Waals surface area contributed by atoms with E-state index in [9.17, 15) is 21.6 Å². The molecule has 0 atom stereocenters. The second-order valence-corrected chi connectivity index (χ2v) is 13.1. The molecule has 0 radical (unpaired) electrons. The molecule has 0 aliphatic rings. The molecule has 4 aromatic carbocycles. The standard InChI is InChI=1S/C32H32O11S2/c1-20-11-13-21(14-12-20)19-41-26-16-15-22(17-27(26)42-44(5,34)35)29-28(38-2)18-25(30(39-3)31(29)43-45(6,36)37)23-9-7-8-10-24(23)32(33)40-4/h7-18H,19H2,1-6H3. The first-order valence-corrected chi connectivity index (χ1v) is 17.0. The van der Waals surface area contributed by atoms with Gasteiger partial charge in [0.2, 0.25) is 0 Å². The van der Waals surface area contributed by atoms with Crippen LogP contribution in [0.5, 0.6) is 28.7 Å². The first-order valence-electron chi connectivity index (χ1n) is 13.3. The number of aryl methyl sites for hydroxylation is 1. The minimum absolute atomic E-state index is 0.0437. The molecule has 4 aromatic rings. The number of esters is 1. The fraction of sp³-hybridized carbons (Fsp3) is 0.219.